The van der Waals surface area contributed by atoms with Crippen LogP contribution < -0.4 is 10.1 Å². The summed E-state index contributed by atoms with van der Waals surface area (Å²) in [5, 5.41) is 12.4. The second kappa shape index (κ2) is 9.90. The highest BCUT2D eigenvalue weighted by molar-refractivity contribution is 5.97. The van der Waals surface area contributed by atoms with Crippen LogP contribution in [-0.4, -0.2) is 19.2 Å². The van der Waals surface area contributed by atoms with E-state index in [1.54, 1.807) is 6.92 Å². The second-order valence-electron chi connectivity index (χ2n) is 5.44. The van der Waals surface area contributed by atoms with Gasteiger partial charge in [0.25, 0.3) is 0 Å². The minimum atomic E-state index is -0.604. The van der Waals surface area contributed by atoms with Crippen LogP contribution in [0.2, 0.25) is 0 Å². The quantitative estimate of drug-likeness (QED) is 0.439. The van der Waals surface area contributed by atoms with Crippen molar-refractivity contribution in [1.29, 1.82) is 5.26 Å². The van der Waals surface area contributed by atoms with Crippen molar-refractivity contribution < 1.29 is 14.3 Å². The first-order valence-electron chi connectivity index (χ1n) is 8.50. The summed E-state index contributed by atoms with van der Waals surface area (Å²) >= 11 is 0. The smallest absolute Gasteiger partial charge is 0.348 e. The number of benzene rings is 2. The summed E-state index contributed by atoms with van der Waals surface area (Å²) in [6.45, 7) is 5.25. The lowest BCUT2D eigenvalue weighted by atomic mass is 10.1. The molecule has 1 N–H and O–H groups in total. The first kappa shape index (κ1) is 19.1. The zero-order valence-corrected chi connectivity index (χ0v) is 15.0. The molecule has 0 fully saturated rings. The summed E-state index contributed by atoms with van der Waals surface area (Å²) in [6.07, 6.45) is 1.52. The van der Waals surface area contributed by atoms with Gasteiger partial charge in [-0.05, 0) is 55.3 Å². The standard InChI is InChI=1S/C21H22N2O3/c1-3-25-20-11-7-17(8-12-20)15-23-19-9-5-16(6-10-19)13-18(14-22)21(24)26-4-2/h5-13,23H,3-4,15H2,1-2H3. The van der Waals surface area contributed by atoms with Gasteiger partial charge < -0.3 is 14.8 Å². The Hall–Kier alpha value is -3.26. The highest BCUT2D eigenvalue weighted by Crippen LogP contribution is 2.16. The molecule has 0 aliphatic heterocycles. The van der Waals surface area contributed by atoms with Gasteiger partial charge in [0.1, 0.15) is 17.4 Å². The van der Waals surface area contributed by atoms with Crippen LogP contribution in [0.1, 0.15) is 25.0 Å². The number of anilines is 1. The predicted octanol–water partition coefficient (Wildman–Crippen LogP) is 4.17. The van der Waals surface area contributed by atoms with E-state index >= 15 is 0 Å². The molecule has 0 bridgehead atoms. The molecule has 0 amide bonds. The van der Waals surface area contributed by atoms with E-state index < -0.39 is 5.97 Å². The van der Waals surface area contributed by atoms with Crippen LogP contribution in [0.4, 0.5) is 5.69 Å². The Labute approximate surface area is 153 Å². The molecule has 0 spiro atoms. The van der Waals surface area contributed by atoms with E-state index in [0.29, 0.717) is 13.2 Å². The Balaban J connectivity index is 1.96. The summed E-state index contributed by atoms with van der Waals surface area (Å²) in [5.74, 6) is 0.259. The van der Waals surface area contributed by atoms with Crippen LogP contribution in [0, 0.1) is 11.3 Å². The molecule has 0 saturated carbocycles. The fourth-order valence-corrected chi connectivity index (χ4v) is 2.28. The third kappa shape index (κ3) is 5.67. The van der Waals surface area contributed by atoms with E-state index in [9.17, 15) is 4.79 Å². The predicted molar refractivity (Wildman–Crippen MR) is 102 cm³/mol. The monoisotopic (exact) mass is 350 g/mol. The lowest BCUT2D eigenvalue weighted by Gasteiger charge is -2.08. The van der Waals surface area contributed by atoms with Gasteiger partial charge in [0.15, 0.2) is 0 Å². The Morgan fingerprint density at radius 1 is 1.08 bits per heavy atom. The van der Waals surface area contributed by atoms with Crippen molar-refractivity contribution in [2.75, 3.05) is 18.5 Å². The molecule has 134 valence electrons. The van der Waals surface area contributed by atoms with Gasteiger partial charge in [-0.15, -0.1) is 0 Å². The zero-order chi connectivity index (χ0) is 18.8. The minimum Gasteiger partial charge on any atom is -0.494 e. The average Bonchev–Trinajstić information content (AvgIpc) is 2.67. The Kier molecular flexibility index (Phi) is 7.26. The maximum Gasteiger partial charge on any atom is 0.348 e. The van der Waals surface area contributed by atoms with E-state index in [1.165, 1.54) is 6.08 Å². The first-order chi connectivity index (χ1) is 12.7. The summed E-state index contributed by atoms with van der Waals surface area (Å²) < 4.78 is 10.3. The summed E-state index contributed by atoms with van der Waals surface area (Å²) in [6, 6.07) is 17.3. The highest BCUT2D eigenvalue weighted by atomic mass is 16.5. The van der Waals surface area contributed by atoms with Gasteiger partial charge in [0.05, 0.1) is 13.2 Å². The molecule has 0 heterocycles. The van der Waals surface area contributed by atoms with Gasteiger partial charge in [-0.2, -0.15) is 5.26 Å². The lowest BCUT2D eigenvalue weighted by molar-refractivity contribution is -0.137. The maximum atomic E-state index is 11.6. The van der Waals surface area contributed by atoms with Crippen molar-refractivity contribution in [2.24, 2.45) is 0 Å². The molecule has 0 unspecified atom stereocenters. The van der Waals surface area contributed by atoms with E-state index in [-0.39, 0.29) is 12.2 Å². The lowest BCUT2D eigenvalue weighted by Crippen LogP contribution is -2.06. The molecule has 2 aromatic carbocycles. The number of nitriles is 1. The molecular formula is C21H22N2O3. The zero-order valence-electron chi connectivity index (χ0n) is 15.0. The largest absolute Gasteiger partial charge is 0.494 e. The molecule has 26 heavy (non-hydrogen) atoms. The van der Waals surface area contributed by atoms with Crippen LogP contribution >= 0.6 is 0 Å². The topological polar surface area (TPSA) is 71.4 Å². The Morgan fingerprint density at radius 2 is 1.77 bits per heavy atom. The van der Waals surface area contributed by atoms with E-state index in [2.05, 4.69) is 5.32 Å². The molecule has 0 saturated heterocycles. The molecular weight excluding hydrogens is 328 g/mol. The molecule has 0 aromatic heterocycles. The van der Waals surface area contributed by atoms with Gasteiger partial charge >= 0.3 is 5.97 Å². The molecule has 0 aliphatic rings. The van der Waals surface area contributed by atoms with Gasteiger partial charge in [0.2, 0.25) is 0 Å². The number of nitrogens with one attached hydrogen (secondary N) is 1. The number of carbonyl (C=O) groups excluding carboxylic acids is 1. The van der Waals surface area contributed by atoms with E-state index in [0.717, 1.165) is 22.6 Å². The number of esters is 1. The van der Waals surface area contributed by atoms with Crippen molar-refractivity contribution in [1.82, 2.24) is 0 Å². The van der Waals surface area contributed by atoms with E-state index in [4.69, 9.17) is 14.7 Å². The molecule has 0 radical (unpaired) electrons. The van der Waals surface area contributed by atoms with Crippen LogP contribution in [0.15, 0.2) is 54.1 Å². The van der Waals surface area contributed by atoms with E-state index in [1.807, 2.05) is 61.5 Å². The third-order valence-corrected chi connectivity index (χ3v) is 3.57. The molecule has 5 heteroatoms. The van der Waals surface area contributed by atoms with Gasteiger partial charge in [-0.25, -0.2) is 4.79 Å². The third-order valence-electron chi connectivity index (χ3n) is 3.57. The van der Waals surface area contributed by atoms with Gasteiger partial charge in [-0.1, -0.05) is 24.3 Å². The van der Waals surface area contributed by atoms with Crippen LogP contribution in [0.5, 0.6) is 5.75 Å². The number of ether oxygens (including phenoxy) is 2. The van der Waals surface area contributed by atoms with Crippen molar-refractivity contribution in [2.45, 2.75) is 20.4 Å². The average molecular weight is 350 g/mol. The van der Waals surface area contributed by atoms with Crippen LogP contribution in [0.3, 0.4) is 0 Å². The summed E-state index contributed by atoms with van der Waals surface area (Å²) in [7, 11) is 0. The highest BCUT2D eigenvalue weighted by Gasteiger charge is 2.09. The summed E-state index contributed by atoms with van der Waals surface area (Å²) in [4.78, 5) is 11.6. The number of hydrogen-bond acceptors (Lipinski definition) is 5. The van der Waals surface area contributed by atoms with Crippen LogP contribution in [0.25, 0.3) is 6.08 Å². The van der Waals surface area contributed by atoms with Crippen LogP contribution in [-0.2, 0) is 16.1 Å². The number of nitrogens with zero attached hydrogens (tertiary/aromatic N) is 1. The maximum absolute atomic E-state index is 11.6. The fourth-order valence-electron chi connectivity index (χ4n) is 2.28. The van der Waals surface area contributed by atoms with Gasteiger partial charge in [0, 0.05) is 12.2 Å². The first-order valence-corrected chi connectivity index (χ1v) is 8.50. The Bertz CT molecular complexity index is 788. The molecule has 0 atom stereocenters. The minimum absolute atomic E-state index is 0.0121. The Morgan fingerprint density at radius 3 is 2.35 bits per heavy atom. The normalized spacial score (nSPS) is 10.7. The number of hydrogen-bond donors (Lipinski definition) is 1. The van der Waals surface area contributed by atoms with Crippen molar-refractivity contribution in [3.63, 3.8) is 0 Å². The second-order valence-corrected chi connectivity index (χ2v) is 5.44. The van der Waals surface area contributed by atoms with Crippen molar-refractivity contribution in [3.8, 4) is 11.8 Å². The molecule has 2 aromatic rings. The van der Waals surface area contributed by atoms with Crippen molar-refractivity contribution >= 4 is 17.7 Å². The number of rotatable bonds is 8. The number of carbonyl (C=O) groups is 1. The van der Waals surface area contributed by atoms with Gasteiger partial charge in [-0.3, -0.25) is 0 Å². The summed E-state index contributed by atoms with van der Waals surface area (Å²) in [5.41, 5.74) is 2.85. The fraction of sp³-hybridized carbons (Fsp3) is 0.238. The molecule has 0 aliphatic carbocycles. The molecule has 5 nitrogen and oxygen atoms in total. The van der Waals surface area contributed by atoms with Crippen molar-refractivity contribution in [3.05, 3.63) is 65.2 Å². The SMILES string of the molecule is CCOC(=O)C(C#N)=Cc1ccc(NCc2ccc(OCC)cc2)cc1. The molecule has 2 rings (SSSR count).